The zero-order valence-corrected chi connectivity index (χ0v) is 16.2. The molecule has 0 radical (unpaired) electrons. The average Bonchev–Trinajstić information content (AvgIpc) is 2.95. The molecule has 7 heteroatoms. The summed E-state index contributed by atoms with van der Waals surface area (Å²) < 4.78 is 16.0. The van der Waals surface area contributed by atoms with Crippen LogP contribution >= 0.6 is 12.2 Å². The van der Waals surface area contributed by atoms with E-state index < -0.39 is 0 Å². The Bertz CT molecular complexity index is 862. The zero-order chi connectivity index (χ0) is 19.1. The van der Waals surface area contributed by atoms with Gasteiger partial charge in [0, 0.05) is 13.0 Å². The van der Waals surface area contributed by atoms with Gasteiger partial charge in [0.25, 0.3) is 5.91 Å². The zero-order valence-electron chi connectivity index (χ0n) is 15.4. The lowest BCUT2D eigenvalue weighted by Gasteiger charge is -2.31. The smallest absolute Gasteiger partial charge is 0.256 e. The van der Waals surface area contributed by atoms with Crippen LogP contribution in [-0.4, -0.2) is 43.3 Å². The van der Waals surface area contributed by atoms with Crippen LogP contribution in [0.5, 0.6) is 17.2 Å². The highest BCUT2D eigenvalue weighted by Gasteiger charge is 2.45. The first-order valence-electron chi connectivity index (χ1n) is 8.59. The molecule has 0 aliphatic carbocycles. The predicted octanol–water partition coefficient (Wildman–Crippen LogP) is 2.77. The Morgan fingerprint density at radius 2 is 1.59 bits per heavy atom. The molecule has 2 aromatic carbocycles. The highest BCUT2D eigenvalue weighted by atomic mass is 32.1. The number of thiocarbonyl (C=S) groups is 1. The summed E-state index contributed by atoms with van der Waals surface area (Å²) in [4.78, 5) is 16.7. The first kappa shape index (κ1) is 17.6. The van der Waals surface area contributed by atoms with Gasteiger partial charge in [-0.1, -0.05) is 0 Å². The Hall–Kier alpha value is -2.80. The molecule has 1 fully saturated rings. The molecule has 0 aromatic heterocycles. The van der Waals surface area contributed by atoms with Crippen LogP contribution in [0.4, 0.5) is 5.69 Å². The van der Waals surface area contributed by atoms with Crippen molar-refractivity contribution in [2.75, 3.05) is 26.2 Å². The molecule has 6 nitrogen and oxygen atoms in total. The molecule has 1 amide bonds. The highest BCUT2D eigenvalue weighted by molar-refractivity contribution is 7.80. The van der Waals surface area contributed by atoms with Gasteiger partial charge in [0.2, 0.25) is 0 Å². The number of rotatable bonds is 4. The topological polar surface area (TPSA) is 51.2 Å². The molecule has 2 aliphatic heterocycles. The van der Waals surface area contributed by atoms with Crippen molar-refractivity contribution in [1.29, 1.82) is 0 Å². The molecule has 2 heterocycles. The molecule has 0 saturated carbocycles. The maximum atomic E-state index is 13.1. The maximum Gasteiger partial charge on any atom is 0.256 e. The summed E-state index contributed by atoms with van der Waals surface area (Å²) in [7, 11) is 4.84. The molecule has 0 N–H and O–H groups in total. The monoisotopic (exact) mass is 384 g/mol. The van der Waals surface area contributed by atoms with Gasteiger partial charge in [-0.25, -0.2) is 0 Å². The minimum atomic E-state index is -0.301. The summed E-state index contributed by atoms with van der Waals surface area (Å²) in [6.07, 6.45) is 0.585. The van der Waals surface area contributed by atoms with Crippen LogP contribution in [0, 0.1) is 0 Å². The van der Waals surface area contributed by atoms with Crippen LogP contribution in [0.1, 0.15) is 11.1 Å². The van der Waals surface area contributed by atoms with Crippen molar-refractivity contribution < 1.29 is 19.0 Å². The summed E-state index contributed by atoms with van der Waals surface area (Å²) in [5, 5.41) is 0.524. The van der Waals surface area contributed by atoms with E-state index in [0.29, 0.717) is 29.6 Å². The Labute approximate surface area is 163 Å². The van der Waals surface area contributed by atoms with Crippen molar-refractivity contribution in [1.82, 2.24) is 4.90 Å². The molecule has 140 valence electrons. The number of methoxy groups -OCH3 is 3. The van der Waals surface area contributed by atoms with Crippen molar-refractivity contribution in [3.8, 4) is 17.2 Å². The maximum absolute atomic E-state index is 13.1. The number of hydrogen-bond acceptors (Lipinski definition) is 5. The van der Waals surface area contributed by atoms with Gasteiger partial charge in [-0.2, -0.15) is 0 Å². The first-order valence-corrected chi connectivity index (χ1v) is 9.00. The van der Waals surface area contributed by atoms with Gasteiger partial charge in [0.15, 0.2) is 16.6 Å². The van der Waals surface area contributed by atoms with E-state index in [1.807, 2.05) is 41.3 Å². The normalized spacial score (nSPS) is 18.3. The third-order valence-corrected chi connectivity index (χ3v) is 5.53. The van der Waals surface area contributed by atoms with E-state index in [1.54, 1.807) is 26.2 Å². The van der Waals surface area contributed by atoms with Crippen molar-refractivity contribution in [2.45, 2.75) is 19.0 Å². The van der Waals surface area contributed by atoms with Crippen LogP contribution in [0.25, 0.3) is 0 Å². The molecule has 1 atom stereocenters. The van der Waals surface area contributed by atoms with Crippen LogP contribution in [0.3, 0.4) is 0 Å². The molecule has 2 aromatic rings. The SMILES string of the molecule is COc1ccc(N2C(=O)[C@H]3Cc4cc(OC)c(OC)cc4CN3C2=S)cc1. The number of nitrogens with zero attached hydrogens (tertiary/aromatic N) is 2. The standard InChI is InChI=1S/C20H20N2O4S/c1-24-15-6-4-14(5-7-15)22-19(23)16-8-12-9-17(25-2)18(26-3)10-13(12)11-21(16)20(22)27/h4-7,9-10,16H,8,11H2,1-3H3/t16-/m1/s1. The fraction of sp³-hybridized carbons (Fsp3) is 0.300. The average molecular weight is 384 g/mol. The van der Waals surface area contributed by atoms with Crippen molar-refractivity contribution in [3.63, 3.8) is 0 Å². The van der Waals surface area contributed by atoms with Crippen LogP contribution in [-0.2, 0) is 17.8 Å². The second kappa shape index (κ2) is 6.74. The van der Waals surface area contributed by atoms with E-state index in [9.17, 15) is 4.79 Å². The van der Waals surface area contributed by atoms with Gasteiger partial charge in [0.05, 0.1) is 27.0 Å². The van der Waals surface area contributed by atoms with Crippen LogP contribution in [0.15, 0.2) is 36.4 Å². The molecular formula is C20H20N2O4S. The Morgan fingerprint density at radius 3 is 2.19 bits per heavy atom. The number of amides is 1. The van der Waals surface area contributed by atoms with Gasteiger partial charge in [0.1, 0.15) is 11.8 Å². The predicted molar refractivity (Wildman–Crippen MR) is 106 cm³/mol. The van der Waals surface area contributed by atoms with E-state index in [0.717, 1.165) is 22.6 Å². The lowest BCUT2D eigenvalue weighted by atomic mass is 9.94. The van der Waals surface area contributed by atoms with E-state index in [-0.39, 0.29) is 11.9 Å². The van der Waals surface area contributed by atoms with Gasteiger partial charge in [-0.05, 0) is 59.7 Å². The number of carbonyl (C=O) groups excluding carboxylic acids is 1. The molecule has 1 saturated heterocycles. The summed E-state index contributed by atoms with van der Waals surface area (Å²) in [5.74, 6) is 2.08. The van der Waals surface area contributed by atoms with Crippen molar-refractivity contribution in [3.05, 3.63) is 47.5 Å². The van der Waals surface area contributed by atoms with Gasteiger partial charge in [-0.3, -0.25) is 9.69 Å². The minimum absolute atomic E-state index is 0.00870. The fourth-order valence-electron chi connectivity index (χ4n) is 3.67. The minimum Gasteiger partial charge on any atom is -0.497 e. The Kier molecular flexibility index (Phi) is 4.39. The van der Waals surface area contributed by atoms with E-state index >= 15 is 0 Å². The number of hydrogen-bond donors (Lipinski definition) is 0. The van der Waals surface area contributed by atoms with Crippen molar-refractivity contribution >= 4 is 28.9 Å². The van der Waals surface area contributed by atoms with E-state index in [1.165, 1.54) is 0 Å². The summed E-state index contributed by atoms with van der Waals surface area (Å²) in [5.41, 5.74) is 2.93. The lowest BCUT2D eigenvalue weighted by Crippen LogP contribution is -2.40. The Morgan fingerprint density at radius 1 is 0.963 bits per heavy atom. The molecule has 0 bridgehead atoms. The molecule has 0 unspecified atom stereocenters. The van der Waals surface area contributed by atoms with Crippen LogP contribution in [0.2, 0.25) is 0 Å². The summed E-state index contributed by atoms with van der Waals surface area (Å²) in [6.45, 7) is 0.567. The largest absolute Gasteiger partial charge is 0.497 e. The van der Waals surface area contributed by atoms with Gasteiger partial charge < -0.3 is 19.1 Å². The van der Waals surface area contributed by atoms with Gasteiger partial charge in [-0.15, -0.1) is 0 Å². The molecular weight excluding hydrogens is 364 g/mol. The number of fused-ring (bicyclic) bond motifs is 2. The lowest BCUT2D eigenvalue weighted by molar-refractivity contribution is -0.119. The van der Waals surface area contributed by atoms with Crippen LogP contribution < -0.4 is 19.1 Å². The first-order chi connectivity index (χ1) is 13.1. The highest BCUT2D eigenvalue weighted by Crippen LogP contribution is 2.38. The molecule has 2 aliphatic rings. The third kappa shape index (κ3) is 2.78. The molecule has 4 rings (SSSR count). The van der Waals surface area contributed by atoms with E-state index in [2.05, 4.69) is 0 Å². The quantitative estimate of drug-likeness (QED) is 0.756. The van der Waals surface area contributed by atoms with Crippen molar-refractivity contribution in [2.24, 2.45) is 0 Å². The fourth-order valence-corrected chi connectivity index (χ4v) is 4.06. The number of carbonyl (C=O) groups is 1. The van der Waals surface area contributed by atoms with Gasteiger partial charge >= 0.3 is 0 Å². The number of benzene rings is 2. The molecule has 0 spiro atoms. The van der Waals surface area contributed by atoms with E-state index in [4.69, 9.17) is 26.4 Å². The second-order valence-electron chi connectivity index (χ2n) is 6.48. The third-order valence-electron chi connectivity index (χ3n) is 5.11. The second-order valence-corrected chi connectivity index (χ2v) is 6.84. The number of ether oxygens (including phenoxy) is 3. The number of anilines is 1. The summed E-state index contributed by atoms with van der Waals surface area (Å²) >= 11 is 5.64. The molecule has 27 heavy (non-hydrogen) atoms. The Balaban J connectivity index is 1.67. The summed E-state index contributed by atoms with van der Waals surface area (Å²) in [6, 6.07) is 11.0.